The predicted octanol–water partition coefficient (Wildman–Crippen LogP) is 3.57. The van der Waals surface area contributed by atoms with Crippen molar-refractivity contribution in [3.8, 4) is 0 Å². The lowest BCUT2D eigenvalue weighted by Gasteiger charge is -2.28. The van der Waals surface area contributed by atoms with Gasteiger partial charge in [-0.05, 0) is 35.4 Å². The molecule has 5 heteroatoms. The second-order valence-corrected chi connectivity index (χ2v) is 5.82. The number of amides is 1. The second kappa shape index (κ2) is 6.06. The van der Waals surface area contributed by atoms with Crippen molar-refractivity contribution in [2.45, 2.75) is 12.6 Å². The number of carbonyl (C=O) groups excluding carboxylic acids is 1. The molecule has 0 aromatic heterocycles. The summed E-state index contributed by atoms with van der Waals surface area (Å²) in [7, 11) is 0. The molecule has 2 N–H and O–H groups in total. The number of hydrogen-bond acceptors (Lipinski definition) is 2. The first kappa shape index (κ1) is 14.4. The summed E-state index contributed by atoms with van der Waals surface area (Å²) in [6.07, 6.45) is 0. The fraction of sp³-hybridized carbons (Fsp3) is 0.188. The Labute approximate surface area is 133 Å². The van der Waals surface area contributed by atoms with Crippen molar-refractivity contribution < 1.29 is 4.79 Å². The predicted molar refractivity (Wildman–Crippen MR) is 84.8 cm³/mol. The van der Waals surface area contributed by atoms with Gasteiger partial charge in [0.2, 0.25) is 0 Å². The average Bonchev–Trinajstić information content (AvgIpc) is 2.47. The molecule has 1 amide bonds. The van der Waals surface area contributed by atoms with Crippen molar-refractivity contribution in [3.05, 3.63) is 69.2 Å². The maximum Gasteiger partial charge on any atom is 0.251 e. The molecule has 2 aromatic carbocycles. The summed E-state index contributed by atoms with van der Waals surface area (Å²) < 4.78 is 0. The van der Waals surface area contributed by atoms with E-state index in [4.69, 9.17) is 23.2 Å². The van der Waals surface area contributed by atoms with E-state index in [1.54, 1.807) is 24.3 Å². The molecular formula is C16H14Cl2N2O. The van der Waals surface area contributed by atoms with Crippen molar-refractivity contribution in [1.29, 1.82) is 0 Å². The Hall–Kier alpha value is -1.55. The lowest BCUT2D eigenvalue weighted by molar-refractivity contribution is 0.0934. The van der Waals surface area contributed by atoms with Crippen LogP contribution in [0.5, 0.6) is 0 Å². The van der Waals surface area contributed by atoms with Crippen LogP contribution in [0.3, 0.4) is 0 Å². The maximum atomic E-state index is 12.3. The minimum absolute atomic E-state index is 0.145. The van der Waals surface area contributed by atoms with E-state index in [1.807, 2.05) is 18.2 Å². The molecule has 3 rings (SSSR count). The van der Waals surface area contributed by atoms with Crippen LogP contribution >= 0.6 is 23.2 Å². The van der Waals surface area contributed by atoms with E-state index in [2.05, 4.69) is 10.6 Å². The Balaban J connectivity index is 1.85. The van der Waals surface area contributed by atoms with E-state index < -0.39 is 0 Å². The highest BCUT2D eigenvalue weighted by Gasteiger charge is 2.24. The van der Waals surface area contributed by atoms with Crippen LogP contribution in [-0.2, 0) is 6.54 Å². The molecule has 0 saturated heterocycles. The van der Waals surface area contributed by atoms with Gasteiger partial charge in [0, 0.05) is 28.7 Å². The summed E-state index contributed by atoms with van der Waals surface area (Å²) in [4.78, 5) is 12.3. The molecule has 1 heterocycles. The van der Waals surface area contributed by atoms with Crippen LogP contribution in [0.25, 0.3) is 0 Å². The van der Waals surface area contributed by atoms with Gasteiger partial charge in [-0.2, -0.15) is 0 Å². The average molecular weight is 321 g/mol. The maximum absolute atomic E-state index is 12.3. The fourth-order valence-corrected chi connectivity index (χ4v) is 3.09. The third-order valence-corrected chi connectivity index (χ3v) is 4.11. The van der Waals surface area contributed by atoms with Crippen molar-refractivity contribution >= 4 is 29.1 Å². The van der Waals surface area contributed by atoms with Gasteiger partial charge in [-0.3, -0.25) is 4.79 Å². The normalized spacial score (nSPS) is 17.1. The number of fused-ring (bicyclic) bond motifs is 1. The lowest BCUT2D eigenvalue weighted by Crippen LogP contribution is -2.39. The number of halogens is 2. The van der Waals surface area contributed by atoms with Crippen LogP contribution in [0.2, 0.25) is 10.0 Å². The van der Waals surface area contributed by atoms with Crippen molar-refractivity contribution in [2.24, 2.45) is 0 Å². The Bertz CT molecular complexity index is 688. The van der Waals surface area contributed by atoms with Crippen molar-refractivity contribution in [2.75, 3.05) is 6.54 Å². The number of benzene rings is 2. The first-order valence-electron chi connectivity index (χ1n) is 6.69. The molecule has 21 heavy (non-hydrogen) atoms. The first-order valence-corrected chi connectivity index (χ1v) is 7.45. The smallest absolute Gasteiger partial charge is 0.251 e. The Morgan fingerprint density at radius 3 is 2.81 bits per heavy atom. The lowest BCUT2D eigenvalue weighted by atomic mass is 9.96. The molecule has 3 nitrogen and oxygen atoms in total. The van der Waals surface area contributed by atoms with Gasteiger partial charge < -0.3 is 10.6 Å². The molecule has 1 aliphatic rings. The summed E-state index contributed by atoms with van der Waals surface area (Å²) in [5, 5.41) is 7.53. The highest BCUT2D eigenvalue weighted by molar-refractivity contribution is 6.31. The van der Waals surface area contributed by atoms with E-state index >= 15 is 0 Å². The topological polar surface area (TPSA) is 41.1 Å². The molecular weight excluding hydrogens is 307 g/mol. The molecule has 2 aromatic rings. The summed E-state index contributed by atoms with van der Waals surface area (Å²) in [5.74, 6) is -0.155. The summed E-state index contributed by atoms with van der Waals surface area (Å²) in [6, 6.07) is 12.5. The molecule has 1 unspecified atom stereocenters. The van der Waals surface area contributed by atoms with Crippen LogP contribution in [0.1, 0.15) is 27.5 Å². The van der Waals surface area contributed by atoms with Gasteiger partial charge >= 0.3 is 0 Å². The Morgan fingerprint density at radius 1 is 1.19 bits per heavy atom. The van der Waals surface area contributed by atoms with Crippen LogP contribution < -0.4 is 10.6 Å². The number of nitrogens with one attached hydrogen (secondary N) is 2. The van der Waals surface area contributed by atoms with Crippen LogP contribution in [-0.4, -0.2) is 12.5 Å². The quantitative estimate of drug-likeness (QED) is 0.888. The molecule has 108 valence electrons. The molecule has 0 bridgehead atoms. The zero-order valence-electron chi connectivity index (χ0n) is 11.2. The molecule has 0 radical (unpaired) electrons. The SMILES string of the molecule is O=C(NC1CNCc2cccc(Cl)c21)c1cccc(Cl)c1. The third kappa shape index (κ3) is 3.05. The van der Waals surface area contributed by atoms with Crippen LogP contribution in [0.15, 0.2) is 42.5 Å². The van der Waals surface area contributed by atoms with E-state index in [0.29, 0.717) is 22.2 Å². The minimum Gasteiger partial charge on any atom is -0.344 e. The zero-order chi connectivity index (χ0) is 14.8. The monoisotopic (exact) mass is 320 g/mol. The second-order valence-electron chi connectivity index (χ2n) is 4.98. The molecule has 1 aliphatic heterocycles. The number of carbonyl (C=O) groups is 1. The van der Waals surface area contributed by atoms with Crippen molar-refractivity contribution in [3.63, 3.8) is 0 Å². The summed E-state index contributed by atoms with van der Waals surface area (Å²) in [5.41, 5.74) is 2.65. The van der Waals surface area contributed by atoms with Gasteiger partial charge in [-0.1, -0.05) is 41.4 Å². The summed E-state index contributed by atoms with van der Waals surface area (Å²) >= 11 is 12.2. The zero-order valence-corrected chi connectivity index (χ0v) is 12.7. The highest BCUT2D eigenvalue weighted by atomic mass is 35.5. The Morgan fingerprint density at radius 2 is 2.00 bits per heavy atom. The molecule has 1 atom stereocenters. The third-order valence-electron chi connectivity index (χ3n) is 3.55. The summed E-state index contributed by atoms with van der Waals surface area (Å²) in [6.45, 7) is 1.42. The van der Waals surface area contributed by atoms with Gasteiger partial charge in [0.15, 0.2) is 0 Å². The molecule has 0 fully saturated rings. The van der Waals surface area contributed by atoms with Gasteiger partial charge in [-0.15, -0.1) is 0 Å². The molecule has 0 saturated carbocycles. The van der Waals surface area contributed by atoms with Crippen LogP contribution in [0, 0.1) is 0 Å². The van der Waals surface area contributed by atoms with E-state index in [9.17, 15) is 4.79 Å². The van der Waals surface area contributed by atoms with Gasteiger partial charge in [-0.25, -0.2) is 0 Å². The first-order chi connectivity index (χ1) is 10.1. The number of rotatable bonds is 2. The van der Waals surface area contributed by atoms with E-state index in [-0.39, 0.29) is 11.9 Å². The number of hydrogen-bond donors (Lipinski definition) is 2. The van der Waals surface area contributed by atoms with E-state index in [0.717, 1.165) is 17.7 Å². The van der Waals surface area contributed by atoms with Gasteiger partial charge in [0.25, 0.3) is 5.91 Å². The van der Waals surface area contributed by atoms with Crippen LogP contribution in [0.4, 0.5) is 0 Å². The minimum atomic E-state index is -0.155. The largest absolute Gasteiger partial charge is 0.344 e. The van der Waals surface area contributed by atoms with Gasteiger partial charge in [0.05, 0.1) is 6.04 Å². The van der Waals surface area contributed by atoms with Crippen molar-refractivity contribution in [1.82, 2.24) is 10.6 Å². The van der Waals surface area contributed by atoms with E-state index in [1.165, 1.54) is 0 Å². The standard InChI is InChI=1S/C16H14Cl2N2O/c17-12-5-1-3-10(7-12)16(21)20-14-9-19-8-11-4-2-6-13(18)15(11)14/h1-7,14,19H,8-9H2,(H,20,21). The highest BCUT2D eigenvalue weighted by Crippen LogP contribution is 2.29. The fourth-order valence-electron chi connectivity index (χ4n) is 2.57. The molecule has 0 spiro atoms. The van der Waals surface area contributed by atoms with Gasteiger partial charge in [0.1, 0.15) is 0 Å². The molecule has 0 aliphatic carbocycles. The Kier molecular flexibility index (Phi) is 4.15.